The molecule has 1 fully saturated rings. The van der Waals surface area contributed by atoms with E-state index in [1.165, 1.54) is 19.3 Å². The lowest BCUT2D eigenvalue weighted by molar-refractivity contribution is 0.0469. The lowest BCUT2D eigenvalue weighted by atomic mass is 10.0. The quantitative estimate of drug-likeness (QED) is 0.846. The van der Waals surface area contributed by atoms with Crippen LogP contribution in [-0.4, -0.2) is 34.1 Å². The maximum absolute atomic E-state index is 10.3. The van der Waals surface area contributed by atoms with Crippen molar-refractivity contribution in [2.24, 2.45) is 0 Å². The van der Waals surface area contributed by atoms with Crippen molar-refractivity contribution in [1.29, 1.82) is 0 Å². The fraction of sp³-hybridized carbons (Fsp3) is 0.615. The van der Waals surface area contributed by atoms with E-state index in [4.69, 9.17) is 0 Å². The minimum absolute atomic E-state index is 0.185. The van der Waals surface area contributed by atoms with Crippen molar-refractivity contribution in [3.8, 4) is 0 Å². The van der Waals surface area contributed by atoms with E-state index in [0.717, 1.165) is 18.7 Å². The second kappa shape index (κ2) is 5.41. The molecule has 3 heteroatoms. The summed E-state index contributed by atoms with van der Waals surface area (Å²) in [6.45, 7) is 4.32. The molecule has 1 aromatic rings. The molecule has 1 saturated heterocycles. The van der Waals surface area contributed by atoms with Crippen molar-refractivity contribution >= 4 is 0 Å². The zero-order chi connectivity index (χ0) is 11.4. The van der Waals surface area contributed by atoms with Crippen LogP contribution in [0.5, 0.6) is 0 Å². The fourth-order valence-corrected chi connectivity index (χ4v) is 2.35. The van der Waals surface area contributed by atoms with Gasteiger partial charge in [-0.2, -0.15) is 0 Å². The number of piperidine rings is 1. The van der Waals surface area contributed by atoms with E-state index >= 15 is 0 Å². The highest BCUT2D eigenvalue weighted by Gasteiger charge is 2.24. The highest BCUT2D eigenvalue weighted by atomic mass is 16.3. The van der Waals surface area contributed by atoms with Gasteiger partial charge in [-0.3, -0.25) is 9.88 Å². The van der Waals surface area contributed by atoms with Gasteiger partial charge < -0.3 is 5.11 Å². The number of nitrogens with zero attached hydrogens (tertiary/aromatic N) is 2. The molecule has 0 aromatic carbocycles. The fourth-order valence-electron chi connectivity index (χ4n) is 2.35. The van der Waals surface area contributed by atoms with E-state index in [9.17, 15) is 5.11 Å². The molecule has 0 aliphatic carbocycles. The number of hydrogen-bond donors (Lipinski definition) is 1. The topological polar surface area (TPSA) is 36.4 Å². The molecule has 2 heterocycles. The molecular formula is C13H20N2O. The van der Waals surface area contributed by atoms with Gasteiger partial charge in [-0.25, -0.2) is 0 Å². The first-order chi connectivity index (χ1) is 7.79. The van der Waals surface area contributed by atoms with E-state index in [2.05, 4.69) is 16.8 Å². The summed E-state index contributed by atoms with van der Waals surface area (Å²) in [5, 5.41) is 10.3. The first-order valence-corrected chi connectivity index (χ1v) is 6.11. The standard InChI is InChI=1S/C13H20N2O/c1-11(15-8-3-2-4-9-15)13(16)12-6-5-7-14-10-12/h5-7,10-11,13,16H,2-4,8-9H2,1H3/t11-,13+/m0/s1. The summed E-state index contributed by atoms with van der Waals surface area (Å²) in [5.41, 5.74) is 0.917. The van der Waals surface area contributed by atoms with Gasteiger partial charge in [0.25, 0.3) is 0 Å². The molecule has 2 rings (SSSR count). The van der Waals surface area contributed by atoms with E-state index in [0.29, 0.717) is 0 Å². The summed E-state index contributed by atoms with van der Waals surface area (Å²) in [7, 11) is 0. The number of hydrogen-bond acceptors (Lipinski definition) is 3. The van der Waals surface area contributed by atoms with Crippen LogP contribution in [0.25, 0.3) is 0 Å². The van der Waals surface area contributed by atoms with Crippen LogP contribution in [0.3, 0.4) is 0 Å². The Kier molecular flexibility index (Phi) is 3.91. The van der Waals surface area contributed by atoms with Crippen LogP contribution in [0.2, 0.25) is 0 Å². The first kappa shape index (κ1) is 11.6. The number of pyridine rings is 1. The molecule has 0 saturated carbocycles. The van der Waals surface area contributed by atoms with Gasteiger partial charge in [0, 0.05) is 24.0 Å². The molecule has 2 atom stereocenters. The summed E-state index contributed by atoms with van der Waals surface area (Å²) in [5.74, 6) is 0. The Morgan fingerprint density at radius 3 is 2.69 bits per heavy atom. The molecule has 88 valence electrons. The van der Waals surface area contributed by atoms with Crippen LogP contribution in [0.4, 0.5) is 0 Å². The minimum Gasteiger partial charge on any atom is -0.387 e. The predicted molar refractivity (Wildman–Crippen MR) is 64.1 cm³/mol. The third kappa shape index (κ3) is 2.60. The van der Waals surface area contributed by atoms with Crippen LogP contribution in [-0.2, 0) is 0 Å². The lowest BCUT2D eigenvalue weighted by Gasteiger charge is -2.35. The molecule has 0 unspecified atom stereocenters. The zero-order valence-corrected chi connectivity index (χ0v) is 9.84. The molecule has 16 heavy (non-hydrogen) atoms. The summed E-state index contributed by atoms with van der Waals surface area (Å²) in [4.78, 5) is 6.43. The Morgan fingerprint density at radius 2 is 2.06 bits per heavy atom. The monoisotopic (exact) mass is 220 g/mol. The molecule has 1 aliphatic rings. The van der Waals surface area contributed by atoms with Crippen molar-refractivity contribution in [2.75, 3.05) is 13.1 Å². The zero-order valence-electron chi connectivity index (χ0n) is 9.84. The van der Waals surface area contributed by atoms with E-state index in [1.807, 2.05) is 12.1 Å². The van der Waals surface area contributed by atoms with Gasteiger partial charge in [0.05, 0.1) is 6.10 Å². The summed E-state index contributed by atoms with van der Waals surface area (Å²) in [6.07, 6.45) is 6.90. The molecule has 1 aromatic heterocycles. The van der Waals surface area contributed by atoms with Gasteiger partial charge in [-0.1, -0.05) is 12.5 Å². The number of aliphatic hydroxyl groups is 1. The van der Waals surface area contributed by atoms with Gasteiger partial charge in [-0.15, -0.1) is 0 Å². The third-order valence-corrected chi connectivity index (χ3v) is 3.45. The molecule has 1 aliphatic heterocycles. The van der Waals surface area contributed by atoms with Gasteiger partial charge in [0.15, 0.2) is 0 Å². The average Bonchev–Trinajstić information content (AvgIpc) is 2.39. The van der Waals surface area contributed by atoms with Gasteiger partial charge in [0.1, 0.15) is 0 Å². The second-order valence-corrected chi connectivity index (χ2v) is 4.57. The molecule has 0 spiro atoms. The molecular weight excluding hydrogens is 200 g/mol. The highest BCUT2D eigenvalue weighted by Crippen LogP contribution is 2.22. The van der Waals surface area contributed by atoms with E-state index in [1.54, 1.807) is 12.4 Å². The van der Waals surface area contributed by atoms with Crippen LogP contribution in [0.1, 0.15) is 37.9 Å². The number of aliphatic hydroxyl groups excluding tert-OH is 1. The van der Waals surface area contributed by atoms with Crippen LogP contribution in [0, 0.1) is 0 Å². The molecule has 1 N–H and O–H groups in total. The van der Waals surface area contributed by atoms with Gasteiger partial charge >= 0.3 is 0 Å². The minimum atomic E-state index is -0.424. The lowest BCUT2D eigenvalue weighted by Crippen LogP contribution is -2.40. The molecule has 3 nitrogen and oxygen atoms in total. The largest absolute Gasteiger partial charge is 0.387 e. The Morgan fingerprint density at radius 1 is 1.31 bits per heavy atom. The Balaban J connectivity index is 2.00. The predicted octanol–water partition coefficient (Wildman–Crippen LogP) is 1.99. The smallest absolute Gasteiger partial charge is 0.0957 e. The number of likely N-dealkylation sites (tertiary alicyclic amines) is 1. The molecule has 0 amide bonds. The van der Waals surface area contributed by atoms with Crippen molar-refractivity contribution in [2.45, 2.75) is 38.3 Å². The Hall–Kier alpha value is -0.930. The summed E-state index contributed by atoms with van der Waals surface area (Å²) < 4.78 is 0. The van der Waals surface area contributed by atoms with Gasteiger partial charge in [-0.05, 0) is 38.9 Å². The third-order valence-electron chi connectivity index (χ3n) is 3.45. The van der Waals surface area contributed by atoms with Gasteiger partial charge in [0.2, 0.25) is 0 Å². The number of rotatable bonds is 3. The second-order valence-electron chi connectivity index (χ2n) is 4.57. The first-order valence-electron chi connectivity index (χ1n) is 6.11. The van der Waals surface area contributed by atoms with E-state index in [-0.39, 0.29) is 6.04 Å². The van der Waals surface area contributed by atoms with Crippen molar-refractivity contribution in [3.05, 3.63) is 30.1 Å². The average molecular weight is 220 g/mol. The normalized spacial score (nSPS) is 21.6. The van der Waals surface area contributed by atoms with Crippen molar-refractivity contribution in [3.63, 3.8) is 0 Å². The van der Waals surface area contributed by atoms with Crippen LogP contribution in [0.15, 0.2) is 24.5 Å². The van der Waals surface area contributed by atoms with Crippen LogP contribution >= 0.6 is 0 Å². The van der Waals surface area contributed by atoms with Crippen molar-refractivity contribution in [1.82, 2.24) is 9.88 Å². The highest BCUT2D eigenvalue weighted by molar-refractivity contribution is 5.13. The molecule has 0 bridgehead atoms. The summed E-state index contributed by atoms with van der Waals surface area (Å²) in [6, 6.07) is 4.00. The van der Waals surface area contributed by atoms with Crippen molar-refractivity contribution < 1.29 is 5.11 Å². The van der Waals surface area contributed by atoms with E-state index < -0.39 is 6.10 Å². The maximum Gasteiger partial charge on any atom is 0.0957 e. The Bertz CT molecular complexity index is 309. The number of aromatic nitrogens is 1. The SMILES string of the molecule is C[C@@H]([C@@H](O)c1cccnc1)N1CCCCC1. The Labute approximate surface area is 97.1 Å². The summed E-state index contributed by atoms with van der Waals surface area (Å²) >= 11 is 0. The van der Waals surface area contributed by atoms with Crippen LogP contribution < -0.4 is 0 Å². The molecule has 0 radical (unpaired) electrons. The maximum atomic E-state index is 10.3.